The molecule has 2 aromatic heterocycles. The lowest BCUT2D eigenvalue weighted by Gasteiger charge is -2.08. The van der Waals surface area contributed by atoms with E-state index >= 15 is 0 Å². The molecule has 5 nitrogen and oxygen atoms in total. The normalized spacial score (nSPS) is 10.5. The van der Waals surface area contributed by atoms with E-state index in [1.54, 1.807) is 11.3 Å². The van der Waals surface area contributed by atoms with Gasteiger partial charge in [0, 0.05) is 6.54 Å². The Kier molecular flexibility index (Phi) is 6.07. The largest absolute Gasteiger partial charge is 0.463 e. The Labute approximate surface area is 127 Å². The smallest absolute Gasteiger partial charge is 0.322 e. The number of ether oxygens (including phenoxy) is 1. The fraction of sp³-hybridized carbons (Fsp3) is 0.462. The first kappa shape index (κ1) is 15.1. The van der Waals surface area contributed by atoms with Crippen LogP contribution in [0.5, 0.6) is 6.01 Å². The molecule has 0 amide bonds. The van der Waals surface area contributed by atoms with Crippen LogP contribution in [-0.4, -0.2) is 28.1 Å². The fourth-order valence-electron chi connectivity index (χ4n) is 1.37. The molecule has 2 rings (SSSR count). The van der Waals surface area contributed by atoms with E-state index in [1.165, 1.54) is 11.8 Å². The number of anilines is 1. The predicted octanol–water partition coefficient (Wildman–Crippen LogP) is 3.70. The average molecular weight is 310 g/mol. The van der Waals surface area contributed by atoms with Crippen molar-refractivity contribution in [2.45, 2.75) is 36.1 Å². The van der Waals surface area contributed by atoms with Crippen molar-refractivity contribution in [1.29, 1.82) is 0 Å². The van der Waals surface area contributed by atoms with Gasteiger partial charge in [-0.25, -0.2) is 0 Å². The monoisotopic (exact) mass is 310 g/mol. The Bertz CT molecular complexity index is 493. The van der Waals surface area contributed by atoms with Crippen LogP contribution in [0.25, 0.3) is 0 Å². The van der Waals surface area contributed by atoms with E-state index in [0.29, 0.717) is 23.7 Å². The van der Waals surface area contributed by atoms with Crippen molar-refractivity contribution >= 4 is 29.0 Å². The average Bonchev–Trinajstić information content (AvgIpc) is 2.95. The minimum atomic E-state index is 0.388. The van der Waals surface area contributed by atoms with Gasteiger partial charge in [0.1, 0.15) is 0 Å². The summed E-state index contributed by atoms with van der Waals surface area (Å²) in [6.07, 6.45) is 1.95. The van der Waals surface area contributed by atoms with Crippen molar-refractivity contribution in [3.05, 3.63) is 17.5 Å². The molecule has 20 heavy (non-hydrogen) atoms. The quantitative estimate of drug-likeness (QED) is 0.802. The van der Waals surface area contributed by atoms with Gasteiger partial charge in [-0.15, -0.1) is 11.3 Å². The molecule has 7 heteroatoms. The van der Waals surface area contributed by atoms with E-state index in [0.717, 1.165) is 23.6 Å². The molecule has 2 heterocycles. The Balaban J connectivity index is 2.15. The van der Waals surface area contributed by atoms with E-state index in [1.807, 2.05) is 17.5 Å². The van der Waals surface area contributed by atoms with Crippen molar-refractivity contribution in [2.75, 3.05) is 18.5 Å². The summed E-state index contributed by atoms with van der Waals surface area (Å²) < 4.78 is 6.68. The molecule has 0 atom stereocenters. The number of thiophene rings is 1. The summed E-state index contributed by atoms with van der Waals surface area (Å²) in [6, 6.07) is 4.45. The zero-order valence-corrected chi connectivity index (χ0v) is 13.3. The lowest BCUT2D eigenvalue weighted by molar-refractivity contribution is 0.288. The number of aromatic nitrogens is 3. The van der Waals surface area contributed by atoms with Crippen LogP contribution >= 0.6 is 23.1 Å². The van der Waals surface area contributed by atoms with Crippen molar-refractivity contribution < 1.29 is 4.74 Å². The van der Waals surface area contributed by atoms with Gasteiger partial charge in [0.15, 0.2) is 0 Å². The predicted molar refractivity (Wildman–Crippen MR) is 82.8 cm³/mol. The van der Waals surface area contributed by atoms with Gasteiger partial charge in [-0.05, 0) is 36.0 Å². The summed E-state index contributed by atoms with van der Waals surface area (Å²) in [6.45, 7) is 5.60. The van der Waals surface area contributed by atoms with Gasteiger partial charge in [-0.3, -0.25) is 0 Å². The zero-order chi connectivity index (χ0) is 14.2. The second kappa shape index (κ2) is 8.06. The van der Waals surface area contributed by atoms with Gasteiger partial charge in [0.2, 0.25) is 11.1 Å². The van der Waals surface area contributed by atoms with Crippen LogP contribution in [0.4, 0.5) is 5.95 Å². The van der Waals surface area contributed by atoms with Crippen LogP contribution in [0.2, 0.25) is 0 Å². The molecular weight excluding hydrogens is 292 g/mol. The molecule has 1 N–H and O–H groups in total. The third kappa shape index (κ3) is 4.64. The van der Waals surface area contributed by atoms with Crippen molar-refractivity contribution in [1.82, 2.24) is 15.0 Å². The standard InChI is InChI=1S/C13H18N4OS2/c1-3-7-14-11-15-12(18-8-4-2)17-13(16-11)20-10-6-5-9-19-10/h5-6,9H,3-4,7-8H2,1-2H3,(H,14,15,16,17). The molecule has 0 unspecified atom stereocenters. The zero-order valence-electron chi connectivity index (χ0n) is 11.6. The Morgan fingerprint density at radius 2 is 2.15 bits per heavy atom. The Hall–Kier alpha value is -1.34. The molecule has 0 bridgehead atoms. The second-order valence-electron chi connectivity index (χ2n) is 4.03. The number of hydrogen-bond acceptors (Lipinski definition) is 7. The van der Waals surface area contributed by atoms with E-state index in [-0.39, 0.29) is 0 Å². The fourth-order valence-corrected chi connectivity index (χ4v) is 2.98. The molecule has 0 saturated carbocycles. The molecule has 0 aliphatic rings. The van der Waals surface area contributed by atoms with Crippen molar-refractivity contribution in [3.8, 4) is 6.01 Å². The van der Waals surface area contributed by atoms with Gasteiger partial charge in [-0.2, -0.15) is 15.0 Å². The van der Waals surface area contributed by atoms with Gasteiger partial charge in [0.25, 0.3) is 0 Å². The summed E-state index contributed by atoms with van der Waals surface area (Å²) in [4.78, 5) is 13.0. The first-order valence-electron chi connectivity index (χ1n) is 6.66. The summed E-state index contributed by atoms with van der Waals surface area (Å²) >= 11 is 3.19. The highest BCUT2D eigenvalue weighted by molar-refractivity contribution is 8.01. The van der Waals surface area contributed by atoms with Crippen LogP contribution in [0.1, 0.15) is 26.7 Å². The van der Waals surface area contributed by atoms with Crippen molar-refractivity contribution in [3.63, 3.8) is 0 Å². The third-order valence-corrected chi connectivity index (χ3v) is 4.15. The number of hydrogen-bond donors (Lipinski definition) is 1. The van der Waals surface area contributed by atoms with Crippen LogP contribution in [0.3, 0.4) is 0 Å². The maximum atomic E-state index is 5.52. The molecule has 0 radical (unpaired) electrons. The first-order valence-corrected chi connectivity index (χ1v) is 8.35. The first-order chi connectivity index (χ1) is 9.81. The minimum Gasteiger partial charge on any atom is -0.463 e. The van der Waals surface area contributed by atoms with Crippen LogP contribution in [0.15, 0.2) is 26.9 Å². The lowest BCUT2D eigenvalue weighted by Crippen LogP contribution is -2.08. The molecule has 0 spiro atoms. The highest BCUT2D eigenvalue weighted by atomic mass is 32.2. The highest BCUT2D eigenvalue weighted by Gasteiger charge is 2.09. The molecule has 108 valence electrons. The van der Waals surface area contributed by atoms with E-state index < -0.39 is 0 Å². The summed E-state index contributed by atoms with van der Waals surface area (Å²) in [7, 11) is 0. The van der Waals surface area contributed by atoms with Gasteiger partial charge < -0.3 is 10.1 Å². The van der Waals surface area contributed by atoms with Gasteiger partial charge in [0.05, 0.1) is 10.8 Å². The van der Waals surface area contributed by atoms with E-state index in [2.05, 4.69) is 34.1 Å². The minimum absolute atomic E-state index is 0.388. The topological polar surface area (TPSA) is 59.9 Å². The maximum Gasteiger partial charge on any atom is 0.322 e. The summed E-state index contributed by atoms with van der Waals surface area (Å²) in [5, 5.41) is 5.87. The number of nitrogens with zero attached hydrogens (tertiary/aromatic N) is 3. The molecule has 0 saturated heterocycles. The third-order valence-electron chi connectivity index (χ3n) is 2.25. The SMILES string of the molecule is CCCNc1nc(OCCC)nc(Sc2cccs2)n1. The molecule has 0 aliphatic heterocycles. The summed E-state index contributed by atoms with van der Waals surface area (Å²) in [5.74, 6) is 0.576. The number of nitrogens with one attached hydrogen (secondary N) is 1. The molecule has 2 aromatic rings. The molecule has 0 fully saturated rings. The van der Waals surface area contributed by atoms with Crippen molar-refractivity contribution in [2.24, 2.45) is 0 Å². The number of rotatable bonds is 8. The van der Waals surface area contributed by atoms with Gasteiger partial charge >= 0.3 is 6.01 Å². The Morgan fingerprint density at radius 1 is 1.25 bits per heavy atom. The van der Waals surface area contributed by atoms with E-state index in [9.17, 15) is 0 Å². The maximum absolute atomic E-state index is 5.52. The highest BCUT2D eigenvalue weighted by Crippen LogP contribution is 2.29. The van der Waals surface area contributed by atoms with Crippen LogP contribution in [0, 0.1) is 0 Å². The van der Waals surface area contributed by atoms with Crippen LogP contribution in [-0.2, 0) is 0 Å². The molecule has 0 aliphatic carbocycles. The van der Waals surface area contributed by atoms with Crippen LogP contribution < -0.4 is 10.1 Å². The molecular formula is C13H18N4OS2. The Morgan fingerprint density at radius 3 is 2.85 bits per heavy atom. The van der Waals surface area contributed by atoms with E-state index in [4.69, 9.17) is 4.74 Å². The lowest BCUT2D eigenvalue weighted by atomic mass is 10.5. The van der Waals surface area contributed by atoms with Gasteiger partial charge in [-0.1, -0.05) is 19.9 Å². The molecule has 0 aromatic carbocycles. The summed E-state index contributed by atoms with van der Waals surface area (Å²) in [5.41, 5.74) is 0. The second-order valence-corrected chi connectivity index (χ2v) is 6.25.